The Morgan fingerprint density at radius 3 is 2.92 bits per heavy atom. The van der Waals surface area contributed by atoms with E-state index in [2.05, 4.69) is 30.4 Å². The Balaban J connectivity index is 1.65. The molecule has 0 heterocycles. The molecule has 1 saturated carbocycles. The van der Waals surface area contributed by atoms with Crippen LogP contribution in [-0.4, -0.2) is 24.4 Å². The number of amides is 1. The van der Waals surface area contributed by atoms with Crippen LogP contribution in [0.15, 0.2) is 18.2 Å². The Morgan fingerprint density at radius 2 is 2.16 bits per heavy atom. The Kier molecular flexibility index (Phi) is 6.00. The molecule has 0 radical (unpaired) electrons. The van der Waals surface area contributed by atoms with E-state index in [9.17, 15) is 9.90 Å². The lowest BCUT2D eigenvalue weighted by molar-refractivity contribution is 0.0871. The Morgan fingerprint density at radius 1 is 1.32 bits per heavy atom. The second kappa shape index (κ2) is 8.22. The molecule has 0 saturated heterocycles. The van der Waals surface area contributed by atoms with E-state index >= 15 is 0 Å². The molecule has 0 aliphatic heterocycles. The number of aliphatic hydroxyl groups excluding tert-OH is 1. The fourth-order valence-electron chi connectivity index (χ4n) is 4.55. The van der Waals surface area contributed by atoms with Crippen LogP contribution in [0.4, 0.5) is 4.79 Å². The second-order valence-corrected chi connectivity index (χ2v) is 7.69. The maximum absolute atomic E-state index is 11.4. The van der Waals surface area contributed by atoms with Gasteiger partial charge in [-0.25, -0.2) is 4.79 Å². The molecule has 0 bridgehead atoms. The van der Waals surface area contributed by atoms with E-state index in [1.165, 1.54) is 31.1 Å². The average molecular weight is 345 g/mol. The molecule has 1 amide bonds. The standard InChI is InChI=1S/C21H31NO3/c1-3-4-5-14-6-7-17-12-15(9-11-19(17)20(14)23)16-8-10-18(13-16)22-21(24)25-2/h9,11-12,14,16,18,20,23H,3-8,10,13H2,1-2H3,(H,22,24). The van der Waals surface area contributed by atoms with Crippen molar-refractivity contribution in [3.8, 4) is 0 Å². The van der Waals surface area contributed by atoms with E-state index in [1.807, 2.05) is 0 Å². The zero-order valence-electron chi connectivity index (χ0n) is 15.5. The smallest absolute Gasteiger partial charge is 0.407 e. The molecule has 2 aliphatic carbocycles. The number of hydrogen-bond donors (Lipinski definition) is 2. The number of methoxy groups -OCH3 is 1. The van der Waals surface area contributed by atoms with Gasteiger partial charge in [0.2, 0.25) is 0 Å². The molecular weight excluding hydrogens is 314 g/mol. The van der Waals surface area contributed by atoms with Crippen LogP contribution in [0.25, 0.3) is 0 Å². The largest absolute Gasteiger partial charge is 0.453 e. The molecule has 138 valence electrons. The number of unbranched alkanes of at least 4 members (excludes halogenated alkanes) is 1. The van der Waals surface area contributed by atoms with Crippen LogP contribution in [0, 0.1) is 5.92 Å². The summed E-state index contributed by atoms with van der Waals surface area (Å²) in [5, 5.41) is 13.6. The fourth-order valence-corrected chi connectivity index (χ4v) is 4.55. The van der Waals surface area contributed by atoms with Gasteiger partial charge in [0, 0.05) is 6.04 Å². The van der Waals surface area contributed by atoms with Gasteiger partial charge in [-0.05, 0) is 67.1 Å². The summed E-state index contributed by atoms with van der Waals surface area (Å²) < 4.78 is 4.70. The first kappa shape index (κ1) is 18.2. The highest BCUT2D eigenvalue weighted by molar-refractivity contribution is 5.67. The Bertz CT molecular complexity index is 601. The molecule has 4 nitrogen and oxygen atoms in total. The number of hydrogen-bond acceptors (Lipinski definition) is 3. The van der Waals surface area contributed by atoms with E-state index in [0.29, 0.717) is 11.8 Å². The maximum Gasteiger partial charge on any atom is 0.407 e. The number of nitrogens with one attached hydrogen (secondary N) is 1. The van der Waals surface area contributed by atoms with Crippen LogP contribution in [0.2, 0.25) is 0 Å². The number of benzene rings is 1. The van der Waals surface area contributed by atoms with Crippen LogP contribution in [-0.2, 0) is 11.2 Å². The third kappa shape index (κ3) is 4.17. The number of aliphatic hydroxyl groups is 1. The molecule has 0 aromatic heterocycles. The van der Waals surface area contributed by atoms with Gasteiger partial charge in [0.1, 0.15) is 0 Å². The number of carbonyl (C=O) groups is 1. The van der Waals surface area contributed by atoms with Crippen molar-refractivity contribution in [2.24, 2.45) is 5.92 Å². The Hall–Kier alpha value is -1.55. The van der Waals surface area contributed by atoms with Gasteiger partial charge in [-0.1, -0.05) is 38.0 Å². The van der Waals surface area contributed by atoms with Crippen LogP contribution in [0.3, 0.4) is 0 Å². The number of alkyl carbamates (subject to hydrolysis) is 1. The number of ether oxygens (including phenoxy) is 1. The highest BCUT2D eigenvalue weighted by Gasteiger charge is 2.30. The van der Waals surface area contributed by atoms with Gasteiger partial charge in [-0.2, -0.15) is 0 Å². The van der Waals surface area contributed by atoms with Crippen molar-refractivity contribution in [3.05, 3.63) is 34.9 Å². The highest BCUT2D eigenvalue weighted by atomic mass is 16.5. The lowest BCUT2D eigenvalue weighted by Gasteiger charge is -2.31. The molecule has 2 aliphatic rings. The number of rotatable bonds is 5. The first-order valence-electron chi connectivity index (χ1n) is 9.77. The van der Waals surface area contributed by atoms with Gasteiger partial charge in [0.05, 0.1) is 13.2 Å². The predicted octanol–water partition coefficient (Wildman–Crippen LogP) is 4.46. The minimum absolute atomic E-state index is 0.206. The molecule has 3 rings (SSSR count). The van der Waals surface area contributed by atoms with Gasteiger partial charge in [0.15, 0.2) is 0 Å². The normalized spacial score (nSPS) is 28.4. The first-order valence-corrected chi connectivity index (χ1v) is 9.77. The van der Waals surface area contributed by atoms with Crippen LogP contribution in [0.1, 0.15) is 80.6 Å². The third-order valence-corrected chi connectivity index (χ3v) is 6.06. The van der Waals surface area contributed by atoms with Gasteiger partial charge in [0.25, 0.3) is 0 Å². The Labute approximate surface area is 151 Å². The summed E-state index contributed by atoms with van der Waals surface area (Å²) in [4.78, 5) is 11.4. The SMILES string of the molecule is CCCCC1CCc2cc(C3CCC(NC(=O)OC)C3)ccc2C1O. The number of carbonyl (C=O) groups excluding carboxylic acids is 1. The zero-order valence-corrected chi connectivity index (χ0v) is 15.5. The maximum atomic E-state index is 11.4. The average Bonchev–Trinajstić information content (AvgIpc) is 3.09. The lowest BCUT2D eigenvalue weighted by atomic mass is 9.78. The quantitative estimate of drug-likeness (QED) is 0.828. The molecule has 25 heavy (non-hydrogen) atoms. The van der Waals surface area contributed by atoms with E-state index in [0.717, 1.165) is 44.1 Å². The molecule has 4 unspecified atom stereocenters. The van der Waals surface area contributed by atoms with E-state index in [-0.39, 0.29) is 18.2 Å². The summed E-state index contributed by atoms with van der Waals surface area (Å²) in [6.45, 7) is 2.21. The minimum atomic E-state index is -0.336. The summed E-state index contributed by atoms with van der Waals surface area (Å²) >= 11 is 0. The number of aryl methyl sites for hydroxylation is 1. The lowest BCUT2D eigenvalue weighted by Crippen LogP contribution is -2.32. The van der Waals surface area contributed by atoms with E-state index in [4.69, 9.17) is 4.74 Å². The van der Waals surface area contributed by atoms with Crippen LogP contribution in [0.5, 0.6) is 0 Å². The summed E-state index contributed by atoms with van der Waals surface area (Å²) in [5.74, 6) is 0.904. The predicted molar refractivity (Wildman–Crippen MR) is 98.7 cm³/mol. The molecule has 4 atom stereocenters. The molecule has 2 N–H and O–H groups in total. The molecule has 1 aromatic rings. The van der Waals surface area contributed by atoms with Gasteiger partial charge < -0.3 is 15.2 Å². The molecule has 1 fully saturated rings. The van der Waals surface area contributed by atoms with E-state index < -0.39 is 0 Å². The van der Waals surface area contributed by atoms with Crippen molar-refractivity contribution in [2.45, 2.75) is 76.4 Å². The molecule has 1 aromatic carbocycles. The van der Waals surface area contributed by atoms with Gasteiger partial charge >= 0.3 is 6.09 Å². The summed E-state index contributed by atoms with van der Waals surface area (Å²) in [6, 6.07) is 6.85. The monoisotopic (exact) mass is 345 g/mol. The van der Waals surface area contributed by atoms with Crippen molar-refractivity contribution in [1.82, 2.24) is 5.32 Å². The van der Waals surface area contributed by atoms with Gasteiger partial charge in [-0.15, -0.1) is 0 Å². The van der Waals surface area contributed by atoms with Crippen molar-refractivity contribution in [1.29, 1.82) is 0 Å². The van der Waals surface area contributed by atoms with Crippen LogP contribution < -0.4 is 5.32 Å². The van der Waals surface area contributed by atoms with Crippen molar-refractivity contribution >= 4 is 6.09 Å². The first-order chi connectivity index (χ1) is 12.1. The number of fused-ring (bicyclic) bond motifs is 1. The van der Waals surface area contributed by atoms with Crippen molar-refractivity contribution in [3.63, 3.8) is 0 Å². The second-order valence-electron chi connectivity index (χ2n) is 7.69. The highest BCUT2D eigenvalue weighted by Crippen LogP contribution is 2.40. The summed E-state index contributed by atoms with van der Waals surface area (Å²) in [6.07, 6.45) is 8.11. The fraction of sp³-hybridized carbons (Fsp3) is 0.667. The van der Waals surface area contributed by atoms with Gasteiger partial charge in [-0.3, -0.25) is 0 Å². The van der Waals surface area contributed by atoms with Crippen molar-refractivity contribution in [2.75, 3.05) is 7.11 Å². The van der Waals surface area contributed by atoms with E-state index in [1.54, 1.807) is 0 Å². The molecule has 0 spiro atoms. The molecular formula is C21H31NO3. The van der Waals surface area contributed by atoms with Crippen LogP contribution >= 0.6 is 0 Å². The third-order valence-electron chi connectivity index (χ3n) is 6.06. The zero-order chi connectivity index (χ0) is 17.8. The summed E-state index contributed by atoms with van der Waals surface area (Å²) in [5.41, 5.74) is 3.81. The topological polar surface area (TPSA) is 58.6 Å². The minimum Gasteiger partial charge on any atom is -0.453 e. The van der Waals surface area contributed by atoms with Crippen molar-refractivity contribution < 1.29 is 14.6 Å². The summed E-state index contributed by atoms with van der Waals surface area (Å²) in [7, 11) is 1.41. The molecule has 4 heteroatoms.